The van der Waals surface area contributed by atoms with Crippen molar-refractivity contribution in [3.05, 3.63) is 34.5 Å². The Bertz CT molecular complexity index is 771. The van der Waals surface area contributed by atoms with E-state index >= 15 is 0 Å². The van der Waals surface area contributed by atoms with Gasteiger partial charge in [-0.2, -0.15) is 0 Å². The summed E-state index contributed by atoms with van der Waals surface area (Å²) in [5.74, 6) is -0.304. The fraction of sp³-hybridized carbons (Fsp3) is 0.412. The molecule has 1 aliphatic rings. The van der Waals surface area contributed by atoms with Crippen LogP contribution in [-0.2, 0) is 4.79 Å². The molecule has 0 aliphatic carbocycles. The number of hydrogen-bond acceptors (Lipinski definition) is 3. The van der Waals surface area contributed by atoms with Crippen molar-refractivity contribution in [2.24, 2.45) is 0 Å². The minimum atomic E-state index is -0.283. The first-order chi connectivity index (χ1) is 11.0. The molecule has 0 radical (unpaired) electrons. The van der Waals surface area contributed by atoms with Crippen molar-refractivity contribution >= 4 is 33.2 Å². The molecule has 2 amide bonds. The Morgan fingerprint density at radius 3 is 2.52 bits per heavy atom. The molecule has 3 rings (SSSR count). The van der Waals surface area contributed by atoms with Gasteiger partial charge in [0.05, 0.1) is 4.88 Å². The van der Waals surface area contributed by atoms with Crippen molar-refractivity contribution < 1.29 is 14.0 Å². The second-order valence-corrected chi connectivity index (χ2v) is 6.87. The summed E-state index contributed by atoms with van der Waals surface area (Å²) in [5.41, 5.74) is 0.709. The highest BCUT2D eigenvalue weighted by Gasteiger charge is 2.25. The van der Waals surface area contributed by atoms with E-state index in [0.717, 1.165) is 11.1 Å². The molecule has 1 fully saturated rings. The van der Waals surface area contributed by atoms with Gasteiger partial charge in [0.1, 0.15) is 5.82 Å². The van der Waals surface area contributed by atoms with Crippen LogP contribution in [0.1, 0.15) is 28.6 Å². The lowest BCUT2D eigenvalue weighted by Crippen LogP contribution is -2.36. The number of aryl methyl sites for hydroxylation is 1. The molecule has 0 spiro atoms. The van der Waals surface area contributed by atoms with Crippen LogP contribution in [0.15, 0.2) is 18.2 Å². The molecule has 6 heteroatoms. The molecule has 4 nitrogen and oxygen atoms in total. The number of carbonyl (C=O) groups is 2. The van der Waals surface area contributed by atoms with Crippen molar-refractivity contribution in [2.45, 2.75) is 20.3 Å². The maximum Gasteiger partial charge on any atom is 0.264 e. The summed E-state index contributed by atoms with van der Waals surface area (Å²) in [7, 11) is 0. The maximum atomic E-state index is 14.0. The predicted octanol–water partition coefficient (Wildman–Crippen LogP) is 3.04. The average Bonchev–Trinajstić information content (AvgIpc) is 2.72. The monoisotopic (exact) mass is 334 g/mol. The van der Waals surface area contributed by atoms with E-state index in [0.29, 0.717) is 42.0 Å². The highest BCUT2D eigenvalue weighted by Crippen LogP contribution is 2.33. The zero-order valence-corrected chi connectivity index (χ0v) is 14.1. The third-order valence-corrected chi connectivity index (χ3v) is 5.57. The van der Waals surface area contributed by atoms with Gasteiger partial charge in [0, 0.05) is 43.2 Å². The van der Waals surface area contributed by atoms with E-state index in [9.17, 15) is 14.0 Å². The Hall–Kier alpha value is -1.95. The van der Waals surface area contributed by atoms with Crippen LogP contribution in [0.5, 0.6) is 0 Å². The molecule has 23 heavy (non-hydrogen) atoms. The third-order valence-electron chi connectivity index (χ3n) is 4.33. The highest BCUT2D eigenvalue weighted by atomic mass is 32.1. The van der Waals surface area contributed by atoms with Crippen LogP contribution < -0.4 is 0 Å². The van der Waals surface area contributed by atoms with Gasteiger partial charge in [0.2, 0.25) is 5.91 Å². The molecule has 0 unspecified atom stereocenters. The fourth-order valence-corrected chi connectivity index (χ4v) is 4.23. The molecule has 0 bridgehead atoms. The van der Waals surface area contributed by atoms with Gasteiger partial charge in [0.15, 0.2) is 0 Å². The fourth-order valence-electron chi connectivity index (χ4n) is 3.04. The van der Waals surface area contributed by atoms with Crippen molar-refractivity contribution in [1.82, 2.24) is 9.80 Å². The topological polar surface area (TPSA) is 40.6 Å². The first-order valence-electron chi connectivity index (χ1n) is 7.71. The number of nitrogens with zero attached hydrogens (tertiary/aromatic N) is 2. The Balaban J connectivity index is 1.87. The predicted molar refractivity (Wildman–Crippen MR) is 89.3 cm³/mol. The molecule has 0 N–H and O–H groups in total. The number of thiophene rings is 1. The Morgan fingerprint density at radius 1 is 1.13 bits per heavy atom. The number of rotatable bonds is 1. The summed E-state index contributed by atoms with van der Waals surface area (Å²) in [6, 6.07) is 4.93. The smallest absolute Gasteiger partial charge is 0.264 e. The SMILES string of the molecule is CC(=O)N1CCCN(C(=O)c2sc3cccc(F)c3c2C)CC1. The number of hydrogen-bond donors (Lipinski definition) is 0. The summed E-state index contributed by atoms with van der Waals surface area (Å²) >= 11 is 1.34. The highest BCUT2D eigenvalue weighted by molar-refractivity contribution is 7.21. The van der Waals surface area contributed by atoms with Crippen LogP contribution in [0.4, 0.5) is 4.39 Å². The summed E-state index contributed by atoms with van der Waals surface area (Å²) in [6.07, 6.45) is 0.767. The van der Waals surface area contributed by atoms with Crippen LogP contribution in [0.3, 0.4) is 0 Å². The van der Waals surface area contributed by atoms with Gasteiger partial charge in [0.25, 0.3) is 5.91 Å². The third kappa shape index (κ3) is 2.95. The van der Waals surface area contributed by atoms with Gasteiger partial charge in [-0.05, 0) is 31.0 Å². The zero-order valence-electron chi connectivity index (χ0n) is 13.3. The number of carbonyl (C=O) groups excluding carboxylic acids is 2. The lowest BCUT2D eigenvalue weighted by molar-refractivity contribution is -0.128. The summed E-state index contributed by atoms with van der Waals surface area (Å²) in [4.78, 5) is 28.5. The standard InChI is InChI=1S/C17H19FN2O2S/c1-11-15-13(18)5-3-6-14(15)23-16(11)17(22)20-8-4-7-19(9-10-20)12(2)21/h3,5-6H,4,7-10H2,1-2H3. The van der Waals surface area contributed by atoms with Crippen molar-refractivity contribution in [1.29, 1.82) is 0 Å². The number of amides is 2. The van der Waals surface area contributed by atoms with Crippen LogP contribution in [0.2, 0.25) is 0 Å². The first-order valence-corrected chi connectivity index (χ1v) is 8.53. The number of benzene rings is 1. The normalized spacial score (nSPS) is 15.8. The Labute approximate surface area is 138 Å². The molecule has 1 aromatic carbocycles. The van der Waals surface area contributed by atoms with E-state index in [1.54, 1.807) is 29.7 Å². The van der Waals surface area contributed by atoms with Crippen LogP contribution in [0, 0.1) is 12.7 Å². The van der Waals surface area contributed by atoms with Gasteiger partial charge in [-0.1, -0.05) is 6.07 Å². The zero-order chi connectivity index (χ0) is 16.6. The van der Waals surface area contributed by atoms with Crippen LogP contribution >= 0.6 is 11.3 Å². The van der Waals surface area contributed by atoms with Gasteiger partial charge in [-0.15, -0.1) is 11.3 Å². The van der Waals surface area contributed by atoms with Crippen molar-refractivity contribution in [3.63, 3.8) is 0 Å². The quantitative estimate of drug-likeness (QED) is 0.804. The lowest BCUT2D eigenvalue weighted by Gasteiger charge is -2.21. The van der Waals surface area contributed by atoms with E-state index in [-0.39, 0.29) is 17.6 Å². The molecular weight excluding hydrogens is 315 g/mol. The molecule has 0 atom stereocenters. The van der Waals surface area contributed by atoms with Crippen molar-refractivity contribution in [2.75, 3.05) is 26.2 Å². The average molecular weight is 334 g/mol. The number of fused-ring (bicyclic) bond motifs is 1. The molecule has 0 saturated carbocycles. The molecule has 2 aromatic rings. The Morgan fingerprint density at radius 2 is 1.83 bits per heavy atom. The maximum absolute atomic E-state index is 14.0. The first kappa shape index (κ1) is 15.9. The van der Waals surface area contributed by atoms with E-state index in [1.807, 2.05) is 6.07 Å². The lowest BCUT2D eigenvalue weighted by atomic mass is 10.1. The van der Waals surface area contributed by atoms with E-state index < -0.39 is 0 Å². The van der Waals surface area contributed by atoms with E-state index in [1.165, 1.54) is 17.4 Å². The van der Waals surface area contributed by atoms with Crippen LogP contribution in [0.25, 0.3) is 10.1 Å². The van der Waals surface area contributed by atoms with Crippen molar-refractivity contribution in [3.8, 4) is 0 Å². The molecule has 1 aromatic heterocycles. The van der Waals surface area contributed by atoms with Crippen LogP contribution in [-0.4, -0.2) is 47.8 Å². The number of halogens is 1. The summed E-state index contributed by atoms with van der Waals surface area (Å²) < 4.78 is 14.8. The molecule has 1 saturated heterocycles. The second-order valence-electron chi connectivity index (χ2n) is 5.82. The van der Waals surface area contributed by atoms with Gasteiger partial charge in [-0.25, -0.2) is 4.39 Å². The molecular formula is C17H19FN2O2S. The molecule has 1 aliphatic heterocycles. The van der Waals surface area contributed by atoms with Gasteiger partial charge < -0.3 is 9.80 Å². The largest absolute Gasteiger partial charge is 0.341 e. The van der Waals surface area contributed by atoms with E-state index in [2.05, 4.69) is 0 Å². The van der Waals surface area contributed by atoms with Gasteiger partial charge >= 0.3 is 0 Å². The minimum Gasteiger partial charge on any atom is -0.341 e. The van der Waals surface area contributed by atoms with Gasteiger partial charge in [-0.3, -0.25) is 9.59 Å². The second kappa shape index (κ2) is 6.28. The minimum absolute atomic E-state index is 0.0411. The van der Waals surface area contributed by atoms with E-state index in [4.69, 9.17) is 0 Å². The summed E-state index contributed by atoms with van der Waals surface area (Å²) in [6.45, 7) is 5.73. The molecule has 122 valence electrons. The Kier molecular flexibility index (Phi) is 4.35. The molecule has 2 heterocycles. The summed E-state index contributed by atoms with van der Waals surface area (Å²) in [5, 5.41) is 0.543.